The number of anilines is 1. The van der Waals surface area contributed by atoms with Gasteiger partial charge in [0.05, 0.1) is 24.8 Å². The van der Waals surface area contributed by atoms with Crippen LogP contribution in [-0.4, -0.2) is 36.7 Å². The Morgan fingerprint density at radius 2 is 2.00 bits per heavy atom. The Labute approximate surface area is 197 Å². The van der Waals surface area contributed by atoms with Gasteiger partial charge in [-0.2, -0.15) is 0 Å². The minimum absolute atomic E-state index is 0. The van der Waals surface area contributed by atoms with Gasteiger partial charge < -0.3 is 20.7 Å². The molecule has 1 saturated carbocycles. The van der Waals surface area contributed by atoms with Gasteiger partial charge in [0.25, 0.3) is 0 Å². The van der Waals surface area contributed by atoms with E-state index in [1.165, 1.54) is 25.7 Å². The number of hydrogen-bond acceptors (Lipinski definition) is 3. The lowest BCUT2D eigenvalue weighted by molar-refractivity contribution is -0.120. The summed E-state index contributed by atoms with van der Waals surface area (Å²) in [5, 5.41) is 10.0. The van der Waals surface area contributed by atoms with Crippen LogP contribution in [-0.2, 0) is 16.1 Å². The van der Waals surface area contributed by atoms with Crippen molar-refractivity contribution in [2.45, 2.75) is 83.1 Å². The van der Waals surface area contributed by atoms with Gasteiger partial charge >= 0.3 is 0 Å². The molecule has 3 aliphatic rings. The topological polar surface area (TPSA) is 74.8 Å². The largest absolute Gasteiger partial charge is 0.373 e. The van der Waals surface area contributed by atoms with E-state index in [1.54, 1.807) is 0 Å². The standard InChI is InChI=1S/C23H34N4O2.HI/c1-2-24-23(27-20-14-19-11-12-21(20)29-19)25-15-16-7-6-10-18(13-16)26-22(28)17-8-4-3-5-9-17;/h6-7,10,13,17,19-21H,2-5,8-9,11-12,14-15H2,1H3,(H,26,28)(H2,24,25,27);1H. The number of halogens is 1. The maximum absolute atomic E-state index is 12.5. The third kappa shape index (κ3) is 6.09. The number of nitrogens with one attached hydrogen (secondary N) is 3. The third-order valence-corrected chi connectivity index (χ3v) is 6.36. The number of benzene rings is 1. The fraction of sp³-hybridized carbons (Fsp3) is 0.652. The molecule has 2 aliphatic heterocycles. The van der Waals surface area contributed by atoms with Gasteiger partial charge in [-0.3, -0.25) is 4.79 Å². The Morgan fingerprint density at radius 3 is 2.70 bits per heavy atom. The molecule has 1 aromatic carbocycles. The number of hydrogen-bond donors (Lipinski definition) is 3. The summed E-state index contributed by atoms with van der Waals surface area (Å²) in [6.45, 7) is 3.48. The fourth-order valence-electron chi connectivity index (χ4n) is 4.81. The first-order chi connectivity index (χ1) is 14.2. The van der Waals surface area contributed by atoms with E-state index in [-0.39, 0.29) is 35.8 Å². The molecular weight excluding hydrogens is 491 g/mol. The molecule has 3 fully saturated rings. The van der Waals surface area contributed by atoms with Crippen LogP contribution in [0, 0.1) is 5.92 Å². The second kappa shape index (κ2) is 11.3. The molecule has 0 radical (unpaired) electrons. The molecule has 6 nitrogen and oxygen atoms in total. The summed E-state index contributed by atoms with van der Waals surface area (Å²) < 4.78 is 5.94. The Balaban J connectivity index is 0.00000256. The predicted octanol–water partition coefficient (Wildman–Crippen LogP) is 4.20. The van der Waals surface area contributed by atoms with Crippen molar-refractivity contribution < 1.29 is 9.53 Å². The van der Waals surface area contributed by atoms with Gasteiger partial charge in [0.15, 0.2) is 5.96 Å². The van der Waals surface area contributed by atoms with Gasteiger partial charge in [-0.25, -0.2) is 4.99 Å². The number of fused-ring (bicyclic) bond motifs is 2. The number of aliphatic imine (C=N–C) groups is 1. The van der Waals surface area contributed by atoms with Crippen molar-refractivity contribution in [3.05, 3.63) is 29.8 Å². The highest BCUT2D eigenvalue weighted by atomic mass is 127. The van der Waals surface area contributed by atoms with Crippen molar-refractivity contribution in [1.29, 1.82) is 0 Å². The Kier molecular flexibility index (Phi) is 8.80. The molecule has 7 heteroatoms. The van der Waals surface area contributed by atoms with Gasteiger partial charge in [-0.15, -0.1) is 24.0 Å². The summed E-state index contributed by atoms with van der Waals surface area (Å²) in [5.74, 6) is 1.17. The van der Waals surface area contributed by atoms with E-state index in [4.69, 9.17) is 9.73 Å². The molecule has 0 aromatic heterocycles. The van der Waals surface area contributed by atoms with E-state index >= 15 is 0 Å². The first-order valence-corrected chi connectivity index (χ1v) is 11.3. The molecule has 2 saturated heterocycles. The highest BCUT2D eigenvalue weighted by Crippen LogP contribution is 2.34. The van der Waals surface area contributed by atoms with Crippen LogP contribution < -0.4 is 16.0 Å². The number of amides is 1. The number of carbonyl (C=O) groups is 1. The molecule has 1 amide bonds. The summed E-state index contributed by atoms with van der Waals surface area (Å²) in [6.07, 6.45) is 9.76. The summed E-state index contributed by atoms with van der Waals surface area (Å²) in [4.78, 5) is 17.3. The van der Waals surface area contributed by atoms with Crippen LogP contribution in [0.5, 0.6) is 0 Å². The maximum atomic E-state index is 12.5. The van der Waals surface area contributed by atoms with E-state index in [2.05, 4.69) is 28.9 Å². The van der Waals surface area contributed by atoms with E-state index in [1.807, 2.05) is 18.2 Å². The molecule has 166 valence electrons. The van der Waals surface area contributed by atoms with Gasteiger partial charge in [-0.05, 0) is 56.7 Å². The van der Waals surface area contributed by atoms with E-state index in [9.17, 15) is 4.79 Å². The van der Waals surface area contributed by atoms with Crippen molar-refractivity contribution in [2.75, 3.05) is 11.9 Å². The fourth-order valence-corrected chi connectivity index (χ4v) is 4.81. The lowest BCUT2D eigenvalue weighted by atomic mass is 9.88. The van der Waals surface area contributed by atoms with Crippen LogP contribution in [0.4, 0.5) is 5.69 Å². The highest BCUT2D eigenvalue weighted by Gasteiger charge is 2.41. The zero-order valence-corrected chi connectivity index (χ0v) is 20.2. The number of ether oxygens (including phenoxy) is 1. The van der Waals surface area contributed by atoms with Crippen molar-refractivity contribution >= 4 is 41.5 Å². The highest BCUT2D eigenvalue weighted by molar-refractivity contribution is 14.0. The van der Waals surface area contributed by atoms with Gasteiger partial charge in [-0.1, -0.05) is 31.4 Å². The van der Waals surface area contributed by atoms with Crippen molar-refractivity contribution in [3.8, 4) is 0 Å². The zero-order chi connectivity index (χ0) is 20.1. The molecule has 3 unspecified atom stereocenters. The summed E-state index contributed by atoms with van der Waals surface area (Å²) >= 11 is 0. The second-order valence-corrected chi connectivity index (χ2v) is 8.58. The first-order valence-electron chi connectivity index (χ1n) is 11.3. The van der Waals surface area contributed by atoms with Crippen LogP contribution >= 0.6 is 24.0 Å². The van der Waals surface area contributed by atoms with Crippen LogP contribution in [0.25, 0.3) is 0 Å². The van der Waals surface area contributed by atoms with Crippen molar-refractivity contribution in [3.63, 3.8) is 0 Å². The molecule has 1 aliphatic carbocycles. The molecule has 2 bridgehead atoms. The molecule has 30 heavy (non-hydrogen) atoms. The third-order valence-electron chi connectivity index (χ3n) is 6.36. The van der Waals surface area contributed by atoms with Gasteiger partial charge in [0.2, 0.25) is 5.91 Å². The zero-order valence-electron chi connectivity index (χ0n) is 17.9. The quantitative estimate of drug-likeness (QED) is 0.295. The molecule has 1 aromatic rings. The monoisotopic (exact) mass is 526 g/mol. The summed E-state index contributed by atoms with van der Waals surface area (Å²) in [6, 6.07) is 8.40. The molecule has 0 spiro atoms. The van der Waals surface area contributed by atoms with Crippen LogP contribution in [0.2, 0.25) is 0 Å². The maximum Gasteiger partial charge on any atom is 0.227 e. The van der Waals surface area contributed by atoms with Crippen LogP contribution in [0.15, 0.2) is 29.3 Å². The first kappa shape index (κ1) is 23.3. The number of rotatable bonds is 6. The van der Waals surface area contributed by atoms with E-state index in [0.29, 0.717) is 24.8 Å². The van der Waals surface area contributed by atoms with E-state index < -0.39 is 0 Å². The lowest BCUT2D eigenvalue weighted by Gasteiger charge is -2.22. The molecular formula is C23H35IN4O2. The molecule has 3 N–H and O–H groups in total. The number of carbonyl (C=O) groups excluding carboxylic acids is 1. The minimum Gasteiger partial charge on any atom is -0.373 e. The van der Waals surface area contributed by atoms with Gasteiger partial charge in [0.1, 0.15) is 0 Å². The Bertz CT molecular complexity index is 736. The predicted molar refractivity (Wildman–Crippen MR) is 131 cm³/mol. The smallest absolute Gasteiger partial charge is 0.227 e. The van der Waals surface area contributed by atoms with Gasteiger partial charge in [0, 0.05) is 18.2 Å². The van der Waals surface area contributed by atoms with Crippen LogP contribution in [0.1, 0.15) is 63.9 Å². The SMILES string of the molecule is CCNC(=NCc1cccc(NC(=O)C2CCCCC2)c1)NC1CC2CCC1O2.I. The van der Waals surface area contributed by atoms with Crippen LogP contribution in [0.3, 0.4) is 0 Å². The van der Waals surface area contributed by atoms with E-state index in [0.717, 1.165) is 49.4 Å². The van der Waals surface area contributed by atoms with Crippen molar-refractivity contribution in [1.82, 2.24) is 10.6 Å². The Hall–Kier alpha value is -1.35. The average molecular weight is 526 g/mol. The normalized spacial score (nSPS) is 26.2. The molecule has 2 heterocycles. The number of guanidine groups is 1. The Morgan fingerprint density at radius 1 is 1.17 bits per heavy atom. The summed E-state index contributed by atoms with van der Waals surface area (Å²) in [5.41, 5.74) is 1.96. The second-order valence-electron chi connectivity index (χ2n) is 8.58. The van der Waals surface area contributed by atoms with Crippen molar-refractivity contribution in [2.24, 2.45) is 10.9 Å². The minimum atomic E-state index is 0. The number of nitrogens with zero attached hydrogens (tertiary/aromatic N) is 1. The lowest BCUT2D eigenvalue weighted by Crippen LogP contribution is -2.47. The summed E-state index contributed by atoms with van der Waals surface area (Å²) in [7, 11) is 0. The molecule has 4 rings (SSSR count). The molecule has 3 atom stereocenters. The average Bonchev–Trinajstić information content (AvgIpc) is 3.36.